The van der Waals surface area contributed by atoms with Crippen LogP contribution in [0.4, 0.5) is 0 Å². The molecule has 0 saturated carbocycles. The van der Waals surface area contributed by atoms with Crippen molar-refractivity contribution in [2.24, 2.45) is 5.41 Å². The first-order valence-corrected chi connectivity index (χ1v) is 8.40. The van der Waals surface area contributed by atoms with Crippen molar-refractivity contribution >= 4 is 22.6 Å². The summed E-state index contributed by atoms with van der Waals surface area (Å²) in [5, 5.41) is 0. The molecule has 1 aliphatic rings. The van der Waals surface area contributed by atoms with Gasteiger partial charge in [0.05, 0.1) is 0 Å². The molecule has 0 aliphatic heterocycles. The van der Waals surface area contributed by atoms with E-state index >= 15 is 0 Å². The van der Waals surface area contributed by atoms with Crippen molar-refractivity contribution in [1.29, 1.82) is 0 Å². The second-order valence-corrected chi connectivity index (χ2v) is 7.10. The van der Waals surface area contributed by atoms with Crippen LogP contribution in [0, 0.1) is 5.41 Å². The first kappa shape index (κ1) is 15.3. The predicted octanol–water partition coefficient (Wildman–Crippen LogP) is 6.06. The normalized spacial score (nSPS) is 20.9. The third-order valence-electron chi connectivity index (χ3n) is 4.06. The number of hydrogen-bond donors (Lipinski definition) is 0. The highest BCUT2D eigenvalue weighted by atomic mass is 127. The van der Waals surface area contributed by atoms with Gasteiger partial charge in [-0.1, -0.05) is 59.2 Å². The highest BCUT2D eigenvalue weighted by Crippen LogP contribution is 2.42. The van der Waals surface area contributed by atoms with Crippen molar-refractivity contribution in [3.63, 3.8) is 0 Å². The summed E-state index contributed by atoms with van der Waals surface area (Å²) >= 11 is 2.45. The first-order valence-electron chi connectivity index (χ1n) is 6.88. The van der Waals surface area contributed by atoms with Crippen LogP contribution in [0.2, 0.25) is 0 Å². The summed E-state index contributed by atoms with van der Waals surface area (Å²) in [5.41, 5.74) is 5.43. The van der Waals surface area contributed by atoms with E-state index in [4.69, 9.17) is 0 Å². The molecule has 0 aromatic carbocycles. The second kappa shape index (κ2) is 6.96. The minimum atomic E-state index is 0.450. The molecule has 0 heterocycles. The zero-order valence-electron chi connectivity index (χ0n) is 11.9. The Morgan fingerprint density at radius 3 is 2.71 bits per heavy atom. The lowest BCUT2D eigenvalue weighted by molar-refractivity contribution is 0.354. The van der Waals surface area contributed by atoms with Crippen molar-refractivity contribution in [2.45, 2.75) is 66.2 Å². The predicted molar refractivity (Wildman–Crippen MR) is 86.8 cm³/mol. The summed E-state index contributed by atoms with van der Waals surface area (Å²) in [6.07, 6.45) is 10.3. The van der Waals surface area contributed by atoms with Crippen molar-refractivity contribution in [1.82, 2.24) is 0 Å². The van der Waals surface area contributed by atoms with Crippen molar-refractivity contribution in [2.75, 3.05) is 4.43 Å². The molecule has 0 unspecified atom stereocenters. The number of allylic oxidation sites excluding steroid dienone is 4. The maximum absolute atomic E-state index is 2.45. The quantitative estimate of drug-likeness (QED) is 0.322. The largest absolute Gasteiger partial charge is 0.0860 e. The SMILES string of the molecule is CC1=C(CC/C(C)=C/CCI)C(C)(C)CCC1. The Morgan fingerprint density at radius 1 is 1.41 bits per heavy atom. The van der Waals surface area contributed by atoms with E-state index in [1.165, 1.54) is 43.0 Å². The van der Waals surface area contributed by atoms with Crippen LogP contribution >= 0.6 is 22.6 Å². The van der Waals surface area contributed by atoms with Crippen LogP contribution in [0.25, 0.3) is 0 Å². The zero-order valence-corrected chi connectivity index (χ0v) is 14.1. The van der Waals surface area contributed by atoms with Gasteiger partial charge in [0, 0.05) is 4.43 Å². The van der Waals surface area contributed by atoms with E-state index in [1.807, 2.05) is 0 Å². The first-order chi connectivity index (χ1) is 7.97. The Hall–Kier alpha value is 0.210. The topological polar surface area (TPSA) is 0 Å². The van der Waals surface area contributed by atoms with Crippen LogP contribution in [-0.4, -0.2) is 4.43 Å². The Labute approximate surface area is 121 Å². The molecule has 0 spiro atoms. The highest BCUT2D eigenvalue weighted by molar-refractivity contribution is 14.1. The summed E-state index contributed by atoms with van der Waals surface area (Å²) in [6, 6.07) is 0. The Balaban J connectivity index is 2.61. The third-order valence-corrected chi connectivity index (χ3v) is 4.68. The Morgan fingerprint density at radius 2 is 2.12 bits per heavy atom. The van der Waals surface area contributed by atoms with Gasteiger partial charge in [-0.3, -0.25) is 0 Å². The van der Waals surface area contributed by atoms with Crippen LogP contribution in [0.3, 0.4) is 0 Å². The number of rotatable bonds is 5. The molecule has 0 aromatic heterocycles. The molecule has 1 aliphatic carbocycles. The maximum atomic E-state index is 2.45. The van der Waals surface area contributed by atoms with Crippen molar-refractivity contribution in [3.8, 4) is 0 Å². The molecule has 1 rings (SSSR count). The number of hydrogen-bond acceptors (Lipinski definition) is 0. The summed E-state index contributed by atoms with van der Waals surface area (Å²) in [7, 11) is 0. The molecule has 0 amide bonds. The summed E-state index contributed by atoms with van der Waals surface area (Å²) in [5.74, 6) is 0. The molecule has 0 N–H and O–H groups in total. The summed E-state index contributed by atoms with van der Waals surface area (Å²) in [6.45, 7) is 9.49. The van der Waals surface area contributed by atoms with Crippen LogP contribution in [0.1, 0.15) is 66.2 Å². The monoisotopic (exact) mass is 346 g/mol. The highest BCUT2D eigenvalue weighted by Gasteiger charge is 2.27. The molecule has 17 heavy (non-hydrogen) atoms. The minimum Gasteiger partial charge on any atom is -0.0860 e. The molecule has 0 aromatic rings. The lowest BCUT2D eigenvalue weighted by atomic mass is 9.71. The van der Waals surface area contributed by atoms with Crippen LogP contribution in [0.5, 0.6) is 0 Å². The van der Waals surface area contributed by atoms with E-state index in [1.54, 1.807) is 16.7 Å². The molecule has 0 bridgehead atoms. The van der Waals surface area contributed by atoms with Gasteiger partial charge in [-0.05, 0) is 57.8 Å². The lowest BCUT2D eigenvalue weighted by Crippen LogP contribution is -2.20. The van der Waals surface area contributed by atoms with E-state index in [0.717, 1.165) is 0 Å². The number of alkyl halides is 1. The van der Waals surface area contributed by atoms with E-state index in [-0.39, 0.29) is 0 Å². The fourth-order valence-corrected chi connectivity index (χ4v) is 3.26. The van der Waals surface area contributed by atoms with Gasteiger partial charge in [0.15, 0.2) is 0 Å². The van der Waals surface area contributed by atoms with E-state index in [2.05, 4.69) is 56.4 Å². The minimum absolute atomic E-state index is 0.450. The number of halogens is 1. The van der Waals surface area contributed by atoms with E-state index in [9.17, 15) is 0 Å². The standard InChI is InChI=1S/C16H27I/c1-13(7-6-12-17)9-10-15-14(2)8-5-11-16(15,3)4/h7H,5-6,8-12H2,1-4H3/b13-7+. The second-order valence-electron chi connectivity index (χ2n) is 6.02. The molecule has 0 nitrogen and oxygen atoms in total. The van der Waals surface area contributed by atoms with Gasteiger partial charge in [-0.25, -0.2) is 0 Å². The van der Waals surface area contributed by atoms with Crippen LogP contribution in [-0.2, 0) is 0 Å². The molecule has 0 fully saturated rings. The van der Waals surface area contributed by atoms with Crippen LogP contribution in [0.15, 0.2) is 22.8 Å². The van der Waals surface area contributed by atoms with Gasteiger partial charge >= 0.3 is 0 Å². The van der Waals surface area contributed by atoms with Gasteiger partial charge in [-0.2, -0.15) is 0 Å². The van der Waals surface area contributed by atoms with Gasteiger partial charge in [0.1, 0.15) is 0 Å². The molecular weight excluding hydrogens is 319 g/mol. The van der Waals surface area contributed by atoms with Gasteiger partial charge in [0.25, 0.3) is 0 Å². The zero-order chi connectivity index (χ0) is 12.9. The third kappa shape index (κ3) is 4.76. The Bertz CT molecular complexity index is 307. The molecule has 98 valence electrons. The maximum Gasteiger partial charge on any atom is 0.00300 e. The van der Waals surface area contributed by atoms with Gasteiger partial charge in [0.2, 0.25) is 0 Å². The van der Waals surface area contributed by atoms with Crippen molar-refractivity contribution in [3.05, 3.63) is 22.8 Å². The molecule has 0 radical (unpaired) electrons. The summed E-state index contributed by atoms with van der Waals surface area (Å²) in [4.78, 5) is 0. The average molecular weight is 346 g/mol. The Kier molecular flexibility index (Phi) is 6.25. The molecular formula is C16H27I. The molecule has 1 heteroatoms. The molecule has 0 saturated heterocycles. The lowest BCUT2D eigenvalue weighted by Gasteiger charge is -2.34. The average Bonchev–Trinajstić information content (AvgIpc) is 2.24. The smallest absolute Gasteiger partial charge is 0.00300 e. The van der Waals surface area contributed by atoms with Gasteiger partial charge in [-0.15, -0.1) is 0 Å². The van der Waals surface area contributed by atoms with E-state index in [0.29, 0.717) is 5.41 Å². The van der Waals surface area contributed by atoms with Crippen molar-refractivity contribution < 1.29 is 0 Å². The van der Waals surface area contributed by atoms with E-state index < -0.39 is 0 Å². The molecule has 0 atom stereocenters. The fourth-order valence-electron chi connectivity index (χ4n) is 2.95. The fraction of sp³-hybridized carbons (Fsp3) is 0.750. The van der Waals surface area contributed by atoms with Gasteiger partial charge < -0.3 is 0 Å². The van der Waals surface area contributed by atoms with Crippen LogP contribution < -0.4 is 0 Å². The summed E-state index contributed by atoms with van der Waals surface area (Å²) < 4.78 is 1.24.